The molecule has 0 unspecified atom stereocenters. The Kier molecular flexibility index (Phi) is 3.54. The van der Waals surface area contributed by atoms with Gasteiger partial charge in [-0.3, -0.25) is 0 Å². The molecule has 2 heteroatoms. The quantitative estimate of drug-likeness (QED) is 0.701. The van der Waals surface area contributed by atoms with Crippen LogP contribution in [0.4, 0.5) is 0 Å². The average Bonchev–Trinajstić information content (AvgIpc) is 2.13. The van der Waals surface area contributed by atoms with E-state index in [1.54, 1.807) is 6.08 Å². The first kappa shape index (κ1) is 9.83. The van der Waals surface area contributed by atoms with Gasteiger partial charge in [-0.1, -0.05) is 42.0 Å². The van der Waals surface area contributed by atoms with Crippen molar-refractivity contribution in [3.63, 3.8) is 0 Å². The minimum absolute atomic E-state index is 0.421. The number of nitrogens with zero attached hydrogens (tertiary/aromatic N) is 1. The van der Waals surface area contributed by atoms with Crippen molar-refractivity contribution < 1.29 is 0 Å². The smallest absolute Gasteiger partial charge is 0.0663 e. The maximum absolute atomic E-state index is 8.33. The van der Waals surface area contributed by atoms with Gasteiger partial charge in [-0.05, 0) is 18.1 Å². The van der Waals surface area contributed by atoms with Crippen LogP contribution in [-0.2, 0) is 0 Å². The van der Waals surface area contributed by atoms with Crippen molar-refractivity contribution in [3.8, 4) is 6.07 Å². The van der Waals surface area contributed by atoms with Crippen molar-refractivity contribution in [2.45, 2.75) is 13.3 Å². The van der Waals surface area contributed by atoms with Crippen molar-refractivity contribution in [3.05, 3.63) is 40.4 Å². The van der Waals surface area contributed by atoms with Gasteiger partial charge in [-0.25, -0.2) is 0 Å². The van der Waals surface area contributed by atoms with Gasteiger partial charge >= 0.3 is 0 Å². The Hall–Kier alpha value is -1.26. The van der Waals surface area contributed by atoms with Gasteiger partial charge in [0.2, 0.25) is 0 Å². The topological polar surface area (TPSA) is 23.8 Å². The van der Waals surface area contributed by atoms with Gasteiger partial charge in [0.05, 0.1) is 17.5 Å². The summed E-state index contributed by atoms with van der Waals surface area (Å²) in [7, 11) is 0. The van der Waals surface area contributed by atoms with Crippen molar-refractivity contribution in [1.82, 2.24) is 0 Å². The van der Waals surface area contributed by atoms with Crippen molar-refractivity contribution >= 4 is 17.7 Å². The highest BCUT2D eigenvalue weighted by atomic mass is 35.5. The largest absolute Gasteiger partial charge is 0.198 e. The van der Waals surface area contributed by atoms with E-state index in [4.69, 9.17) is 16.9 Å². The SMILES string of the molecule is Cc1cccc(C=CCC#N)c1Cl. The molecule has 0 aliphatic carbocycles. The highest BCUT2D eigenvalue weighted by molar-refractivity contribution is 6.32. The summed E-state index contributed by atoms with van der Waals surface area (Å²) >= 11 is 6.04. The molecule has 66 valence electrons. The summed E-state index contributed by atoms with van der Waals surface area (Å²) in [6, 6.07) is 7.89. The number of hydrogen-bond acceptors (Lipinski definition) is 1. The fourth-order valence-electron chi connectivity index (χ4n) is 1.04. The van der Waals surface area contributed by atoms with Crippen molar-refractivity contribution in [2.75, 3.05) is 0 Å². The van der Waals surface area contributed by atoms with Gasteiger partial charge in [-0.15, -0.1) is 0 Å². The van der Waals surface area contributed by atoms with Gasteiger partial charge in [0.25, 0.3) is 0 Å². The van der Waals surface area contributed by atoms with Crippen LogP contribution in [0.1, 0.15) is 17.5 Å². The highest BCUT2D eigenvalue weighted by Crippen LogP contribution is 2.21. The van der Waals surface area contributed by atoms with E-state index < -0.39 is 0 Å². The van der Waals surface area contributed by atoms with Crippen molar-refractivity contribution in [1.29, 1.82) is 5.26 Å². The molecule has 0 aromatic heterocycles. The molecule has 13 heavy (non-hydrogen) atoms. The molecular weight excluding hydrogens is 182 g/mol. The van der Waals surface area contributed by atoms with Crippen LogP contribution in [0.15, 0.2) is 24.3 Å². The summed E-state index contributed by atoms with van der Waals surface area (Å²) in [6.45, 7) is 1.96. The summed E-state index contributed by atoms with van der Waals surface area (Å²) in [5.41, 5.74) is 2.03. The van der Waals surface area contributed by atoms with Crippen molar-refractivity contribution in [2.24, 2.45) is 0 Å². The van der Waals surface area contributed by atoms with E-state index in [9.17, 15) is 0 Å². The van der Waals surface area contributed by atoms with E-state index >= 15 is 0 Å². The second-order valence-electron chi connectivity index (χ2n) is 2.74. The molecule has 0 aliphatic rings. The summed E-state index contributed by atoms with van der Waals surface area (Å²) in [6.07, 6.45) is 4.10. The monoisotopic (exact) mass is 191 g/mol. The molecule has 0 spiro atoms. The first-order valence-electron chi connectivity index (χ1n) is 4.04. The Bertz CT molecular complexity index is 361. The molecule has 0 amide bonds. The Labute approximate surface area is 83.3 Å². The average molecular weight is 192 g/mol. The fraction of sp³-hybridized carbons (Fsp3) is 0.182. The van der Waals surface area contributed by atoms with Crippen LogP contribution in [-0.4, -0.2) is 0 Å². The molecular formula is C11H10ClN. The van der Waals surface area contributed by atoms with Crippen LogP contribution in [0, 0.1) is 18.3 Å². The molecule has 0 heterocycles. The molecule has 1 rings (SSSR count). The van der Waals surface area contributed by atoms with E-state index in [1.165, 1.54) is 0 Å². The van der Waals surface area contributed by atoms with Gasteiger partial charge in [-0.2, -0.15) is 5.26 Å². The molecule has 1 aromatic carbocycles. The number of rotatable bonds is 2. The van der Waals surface area contributed by atoms with Gasteiger partial charge < -0.3 is 0 Å². The van der Waals surface area contributed by atoms with Crippen LogP contribution < -0.4 is 0 Å². The summed E-state index contributed by atoms with van der Waals surface area (Å²) in [5.74, 6) is 0. The molecule has 1 aromatic rings. The lowest BCUT2D eigenvalue weighted by Gasteiger charge is -2.00. The summed E-state index contributed by atoms with van der Waals surface area (Å²) in [5, 5.41) is 9.09. The zero-order valence-electron chi connectivity index (χ0n) is 7.42. The molecule has 0 radical (unpaired) electrons. The molecule has 0 N–H and O–H groups in total. The van der Waals surface area contributed by atoms with E-state index in [0.717, 1.165) is 16.1 Å². The molecule has 0 atom stereocenters. The fourth-order valence-corrected chi connectivity index (χ4v) is 1.23. The lowest BCUT2D eigenvalue weighted by molar-refractivity contribution is 1.36. The predicted molar refractivity (Wildman–Crippen MR) is 55.5 cm³/mol. The third kappa shape index (κ3) is 2.61. The molecule has 0 aliphatic heterocycles. The Morgan fingerprint density at radius 1 is 1.54 bits per heavy atom. The maximum atomic E-state index is 8.33. The zero-order chi connectivity index (χ0) is 9.68. The third-order valence-corrected chi connectivity index (χ3v) is 2.24. The summed E-state index contributed by atoms with van der Waals surface area (Å²) in [4.78, 5) is 0. The number of allylic oxidation sites excluding steroid dienone is 1. The second-order valence-corrected chi connectivity index (χ2v) is 3.12. The number of halogens is 1. The lowest BCUT2D eigenvalue weighted by atomic mass is 10.1. The van der Waals surface area contributed by atoms with Crippen LogP contribution in [0.2, 0.25) is 5.02 Å². The zero-order valence-corrected chi connectivity index (χ0v) is 8.17. The van der Waals surface area contributed by atoms with E-state index in [1.807, 2.05) is 37.3 Å². The maximum Gasteiger partial charge on any atom is 0.0663 e. The van der Waals surface area contributed by atoms with Crippen LogP contribution >= 0.6 is 11.6 Å². The molecule has 0 saturated heterocycles. The normalized spacial score (nSPS) is 10.2. The van der Waals surface area contributed by atoms with Crippen LogP contribution in [0.25, 0.3) is 6.08 Å². The number of hydrogen-bond donors (Lipinski definition) is 0. The Morgan fingerprint density at radius 2 is 2.31 bits per heavy atom. The number of aryl methyl sites for hydroxylation is 1. The number of nitriles is 1. The first-order chi connectivity index (χ1) is 6.25. The number of benzene rings is 1. The van der Waals surface area contributed by atoms with E-state index in [2.05, 4.69) is 0 Å². The predicted octanol–water partition coefficient (Wildman–Crippen LogP) is 3.58. The van der Waals surface area contributed by atoms with E-state index in [0.29, 0.717) is 6.42 Å². The second kappa shape index (κ2) is 4.69. The van der Waals surface area contributed by atoms with Crippen LogP contribution in [0.3, 0.4) is 0 Å². The van der Waals surface area contributed by atoms with Crippen LogP contribution in [0.5, 0.6) is 0 Å². The third-order valence-electron chi connectivity index (χ3n) is 1.73. The van der Waals surface area contributed by atoms with Gasteiger partial charge in [0, 0.05) is 0 Å². The lowest BCUT2D eigenvalue weighted by Crippen LogP contribution is -1.79. The molecule has 0 bridgehead atoms. The minimum Gasteiger partial charge on any atom is -0.198 e. The molecule has 1 nitrogen and oxygen atoms in total. The Morgan fingerprint density at radius 3 is 3.00 bits per heavy atom. The van der Waals surface area contributed by atoms with E-state index in [-0.39, 0.29) is 0 Å². The highest BCUT2D eigenvalue weighted by Gasteiger charge is 1.97. The molecule has 0 fully saturated rings. The standard InChI is InChI=1S/C11H10ClN/c1-9-5-4-7-10(11(9)12)6-2-3-8-13/h2,4-7H,3H2,1H3. The summed E-state index contributed by atoms with van der Waals surface area (Å²) < 4.78 is 0. The molecule has 0 saturated carbocycles. The van der Waals surface area contributed by atoms with Gasteiger partial charge in [0.15, 0.2) is 0 Å². The van der Waals surface area contributed by atoms with Gasteiger partial charge in [0.1, 0.15) is 0 Å². The first-order valence-corrected chi connectivity index (χ1v) is 4.42. The minimum atomic E-state index is 0.421. The Balaban J connectivity index is 2.90.